The van der Waals surface area contributed by atoms with Crippen molar-refractivity contribution in [2.75, 3.05) is 11.9 Å². The Balaban J connectivity index is 1.78. The molecule has 3 atom stereocenters. The second-order valence-corrected chi connectivity index (χ2v) is 8.91. The Morgan fingerprint density at radius 1 is 0.968 bits per heavy atom. The lowest BCUT2D eigenvalue weighted by Crippen LogP contribution is -2.55. The van der Waals surface area contributed by atoms with Crippen molar-refractivity contribution in [3.63, 3.8) is 0 Å². The minimum absolute atomic E-state index is 0.0747. The van der Waals surface area contributed by atoms with Crippen LogP contribution in [0.2, 0.25) is 10.0 Å². The number of anilines is 1. The van der Waals surface area contributed by atoms with Gasteiger partial charge in [0.15, 0.2) is 0 Å². The minimum Gasteiger partial charge on any atom is -0.325 e. The zero-order chi connectivity index (χ0) is 21.6. The molecular formula is C25H19Cl2N3O. The number of benzene rings is 3. The monoisotopic (exact) mass is 447 g/mol. The van der Waals surface area contributed by atoms with Gasteiger partial charge in [0.2, 0.25) is 5.91 Å². The molecule has 3 aromatic rings. The number of fused-ring (bicyclic) bond motifs is 2. The molecule has 1 fully saturated rings. The number of nitrogens with zero attached hydrogens (tertiary/aromatic N) is 1. The highest BCUT2D eigenvalue weighted by Gasteiger charge is 2.59. The van der Waals surface area contributed by atoms with Crippen LogP contribution in [-0.2, 0) is 10.2 Å². The highest BCUT2D eigenvalue weighted by molar-refractivity contribution is 6.31. The molecule has 2 aliphatic rings. The third kappa shape index (κ3) is 3.13. The van der Waals surface area contributed by atoms with Crippen LogP contribution < -0.4 is 10.6 Å². The summed E-state index contributed by atoms with van der Waals surface area (Å²) in [7, 11) is 0. The molecule has 1 saturated heterocycles. The number of amides is 1. The van der Waals surface area contributed by atoms with Crippen molar-refractivity contribution < 1.29 is 4.79 Å². The Morgan fingerprint density at radius 3 is 2.55 bits per heavy atom. The summed E-state index contributed by atoms with van der Waals surface area (Å²) in [4.78, 5) is 13.8. The molecule has 2 aliphatic heterocycles. The summed E-state index contributed by atoms with van der Waals surface area (Å²) in [5, 5.41) is 17.3. The van der Waals surface area contributed by atoms with Crippen LogP contribution in [0.3, 0.4) is 0 Å². The molecule has 0 unspecified atom stereocenters. The van der Waals surface area contributed by atoms with Crippen LogP contribution in [-0.4, -0.2) is 12.5 Å². The third-order valence-electron chi connectivity index (χ3n) is 6.44. The molecule has 5 rings (SSSR count). The van der Waals surface area contributed by atoms with Crippen molar-refractivity contribution in [1.82, 2.24) is 5.32 Å². The molecule has 0 aromatic heterocycles. The van der Waals surface area contributed by atoms with Crippen LogP contribution >= 0.6 is 23.2 Å². The lowest BCUT2D eigenvalue weighted by Gasteiger charge is -2.47. The molecule has 3 aromatic carbocycles. The molecule has 0 radical (unpaired) electrons. The first-order valence-corrected chi connectivity index (χ1v) is 10.9. The van der Waals surface area contributed by atoms with Gasteiger partial charge in [0.05, 0.1) is 17.7 Å². The van der Waals surface area contributed by atoms with Crippen molar-refractivity contribution in [2.45, 2.75) is 23.8 Å². The molecule has 31 heavy (non-hydrogen) atoms. The van der Waals surface area contributed by atoms with E-state index in [0.29, 0.717) is 15.6 Å². The van der Waals surface area contributed by atoms with E-state index in [1.54, 1.807) is 12.1 Å². The summed E-state index contributed by atoms with van der Waals surface area (Å²) in [6, 6.07) is 22.7. The van der Waals surface area contributed by atoms with Crippen LogP contribution in [0.4, 0.5) is 5.69 Å². The van der Waals surface area contributed by atoms with Crippen LogP contribution in [0, 0.1) is 11.3 Å². The fourth-order valence-electron chi connectivity index (χ4n) is 5.24. The number of hydrogen-bond acceptors (Lipinski definition) is 3. The van der Waals surface area contributed by atoms with Gasteiger partial charge in [0.1, 0.15) is 5.41 Å². The van der Waals surface area contributed by atoms with Gasteiger partial charge in [0, 0.05) is 21.7 Å². The van der Waals surface area contributed by atoms with E-state index in [2.05, 4.69) is 16.7 Å². The standard InChI is InChI=1S/C25H19Cl2N3O/c26-18-6-2-4-16(12-18)20-9-10-29-23(17-5-1-3-15(11-17)14-28)25(20)21-8-7-19(27)13-22(21)30-24(25)31/h1-8,11-13,20,23,29H,9-10H2,(H,30,31)/t20-,23+,25+/m0/s1. The van der Waals surface area contributed by atoms with Gasteiger partial charge in [-0.2, -0.15) is 5.26 Å². The second kappa shape index (κ2) is 7.69. The maximum atomic E-state index is 13.8. The molecule has 0 aliphatic carbocycles. The lowest BCUT2D eigenvalue weighted by molar-refractivity contribution is -0.123. The van der Waals surface area contributed by atoms with E-state index >= 15 is 0 Å². The molecular weight excluding hydrogens is 429 g/mol. The molecule has 4 nitrogen and oxygen atoms in total. The van der Waals surface area contributed by atoms with Gasteiger partial charge in [-0.15, -0.1) is 0 Å². The summed E-state index contributed by atoms with van der Waals surface area (Å²) < 4.78 is 0. The fraction of sp³-hybridized carbons (Fsp3) is 0.200. The van der Waals surface area contributed by atoms with Crippen molar-refractivity contribution in [3.8, 4) is 6.07 Å². The first-order valence-electron chi connectivity index (χ1n) is 10.1. The third-order valence-corrected chi connectivity index (χ3v) is 6.91. The average Bonchev–Trinajstić information content (AvgIpc) is 3.05. The smallest absolute Gasteiger partial charge is 0.237 e. The molecule has 2 N–H and O–H groups in total. The number of hydrogen-bond donors (Lipinski definition) is 2. The quantitative estimate of drug-likeness (QED) is 0.539. The summed E-state index contributed by atoms with van der Waals surface area (Å²) in [5.41, 5.74) is 3.23. The Hall–Kier alpha value is -2.84. The van der Waals surface area contributed by atoms with Gasteiger partial charge in [-0.25, -0.2) is 0 Å². The first kappa shape index (κ1) is 20.1. The summed E-state index contributed by atoms with van der Waals surface area (Å²) in [6.45, 7) is 0.733. The molecule has 0 saturated carbocycles. The minimum atomic E-state index is -0.906. The maximum absolute atomic E-state index is 13.8. The first-order chi connectivity index (χ1) is 15.0. The van der Waals surface area contributed by atoms with Crippen LogP contribution in [0.15, 0.2) is 66.7 Å². The molecule has 0 bridgehead atoms. The largest absolute Gasteiger partial charge is 0.325 e. The van der Waals surface area contributed by atoms with Crippen molar-refractivity contribution in [2.24, 2.45) is 0 Å². The fourth-order valence-corrected chi connectivity index (χ4v) is 5.62. The van der Waals surface area contributed by atoms with Crippen LogP contribution in [0.5, 0.6) is 0 Å². The Kier molecular flexibility index (Phi) is 4.98. The van der Waals surface area contributed by atoms with Gasteiger partial charge >= 0.3 is 0 Å². The van der Waals surface area contributed by atoms with E-state index in [-0.39, 0.29) is 17.9 Å². The van der Waals surface area contributed by atoms with E-state index in [1.807, 2.05) is 54.6 Å². The molecule has 1 spiro atoms. The van der Waals surface area contributed by atoms with E-state index in [0.717, 1.165) is 35.3 Å². The highest BCUT2D eigenvalue weighted by atomic mass is 35.5. The van der Waals surface area contributed by atoms with E-state index < -0.39 is 5.41 Å². The number of carbonyl (C=O) groups is 1. The van der Waals surface area contributed by atoms with E-state index in [1.165, 1.54) is 0 Å². The number of rotatable bonds is 2. The van der Waals surface area contributed by atoms with Crippen molar-refractivity contribution in [1.29, 1.82) is 5.26 Å². The number of nitrogens with one attached hydrogen (secondary N) is 2. The predicted molar refractivity (Wildman–Crippen MR) is 122 cm³/mol. The zero-order valence-electron chi connectivity index (χ0n) is 16.5. The van der Waals surface area contributed by atoms with E-state index in [4.69, 9.17) is 23.2 Å². The SMILES string of the molecule is N#Cc1cccc([C@H]2NCC[C@@H](c3cccc(Cl)c3)[C@]23C(=O)Nc2cc(Cl)ccc23)c1. The van der Waals surface area contributed by atoms with E-state index in [9.17, 15) is 10.1 Å². The molecule has 2 heterocycles. The van der Waals surface area contributed by atoms with Gasteiger partial charge < -0.3 is 10.6 Å². The second-order valence-electron chi connectivity index (χ2n) is 8.03. The van der Waals surface area contributed by atoms with Gasteiger partial charge in [0.25, 0.3) is 0 Å². The van der Waals surface area contributed by atoms with Gasteiger partial charge in [-0.1, -0.05) is 53.5 Å². The average molecular weight is 448 g/mol. The number of nitriles is 1. The van der Waals surface area contributed by atoms with Crippen molar-refractivity contribution in [3.05, 3.63) is 99.0 Å². The predicted octanol–water partition coefficient (Wildman–Crippen LogP) is 5.57. The number of halogens is 2. The normalized spacial score (nSPS) is 24.5. The van der Waals surface area contributed by atoms with Crippen molar-refractivity contribution >= 4 is 34.8 Å². The lowest BCUT2D eigenvalue weighted by atomic mass is 9.59. The topological polar surface area (TPSA) is 64.9 Å². The molecule has 1 amide bonds. The summed E-state index contributed by atoms with van der Waals surface area (Å²) in [6.07, 6.45) is 0.768. The summed E-state index contributed by atoms with van der Waals surface area (Å²) >= 11 is 12.6. The summed E-state index contributed by atoms with van der Waals surface area (Å²) in [5.74, 6) is -0.181. The van der Waals surface area contributed by atoms with Gasteiger partial charge in [-0.05, 0) is 66.1 Å². The number of piperidine rings is 1. The Bertz CT molecular complexity index is 1240. The van der Waals surface area contributed by atoms with Crippen LogP contribution in [0.1, 0.15) is 40.6 Å². The Morgan fingerprint density at radius 2 is 1.74 bits per heavy atom. The van der Waals surface area contributed by atoms with Crippen LogP contribution in [0.25, 0.3) is 0 Å². The Labute approximate surface area is 190 Å². The number of carbonyl (C=O) groups excluding carboxylic acids is 1. The maximum Gasteiger partial charge on any atom is 0.237 e. The molecule has 154 valence electrons. The van der Waals surface area contributed by atoms with Gasteiger partial charge in [-0.3, -0.25) is 4.79 Å². The zero-order valence-corrected chi connectivity index (χ0v) is 18.0. The molecule has 6 heteroatoms. The highest BCUT2D eigenvalue weighted by Crippen LogP contribution is 2.57.